The van der Waals surface area contributed by atoms with E-state index in [4.69, 9.17) is 4.84 Å². The van der Waals surface area contributed by atoms with Gasteiger partial charge in [0, 0.05) is 17.7 Å². The Balaban J connectivity index is 2.36. The molecular weight excluding hydrogens is 286 g/mol. The summed E-state index contributed by atoms with van der Waals surface area (Å²) in [6.45, 7) is 0. The smallest absolute Gasteiger partial charge is 0.294 e. The lowest BCUT2D eigenvalue weighted by atomic mass is 10.2. The molecule has 22 heavy (non-hydrogen) atoms. The van der Waals surface area contributed by atoms with Crippen molar-refractivity contribution in [2.24, 2.45) is 0 Å². The van der Waals surface area contributed by atoms with Crippen LogP contribution in [0.4, 0.5) is 5.69 Å². The van der Waals surface area contributed by atoms with E-state index in [0.717, 1.165) is 4.73 Å². The Hall–Kier alpha value is -3.22. The summed E-state index contributed by atoms with van der Waals surface area (Å²) < 4.78 is 1.07. The minimum atomic E-state index is -0.523. The molecule has 0 aliphatic heterocycles. The third-order valence-corrected chi connectivity index (χ3v) is 3.24. The lowest BCUT2D eigenvalue weighted by Crippen LogP contribution is -2.27. The topological polar surface area (TPSA) is 87.3 Å². The van der Waals surface area contributed by atoms with E-state index in [9.17, 15) is 14.9 Å². The molecule has 0 spiro atoms. The van der Waals surface area contributed by atoms with Crippen molar-refractivity contribution in [2.75, 3.05) is 7.11 Å². The Morgan fingerprint density at radius 1 is 1.18 bits per heavy atom. The monoisotopic (exact) mass is 297 g/mol. The van der Waals surface area contributed by atoms with Crippen molar-refractivity contribution >= 4 is 16.6 Å². The number of nitrogens with zero attached hydrogens (tertiary/aromatic N) is 3. The number of nitro benzene ring substituents is 1. The Kier molecular flexibility index (Phi) is 3.30. The van der Waals surface area contributed by atoms with Gasteiger partial charge in [-0.3, -0.25) is 14.9 Å². The third-order valence-electron chi connectivity index (χ3n) is 3.24. The number of nitro groups is 1. The Morgan fingerprint density at radius 2 is 1.91 bits per heavy atom. The van der Waals surface area contributed by atoms with Crippen molar-refractivity contribution in [2.45, 2.75) is 0 Å². The summed E-state index contributed by atoms with van der Waals surface area (Å²) >= 11 is 0. The van der Waals surface area contributed by atoms with E-state index >= 15 is 0 Å². The van der Waals surface area contributed by atoms with Gasteiger partial charge in [-0.1, -0.05) is 30.3 Å². The maximum absolute atomic E-state index is 12.5. The van der Waals surface area contributed by atoms with Crippen LogP contribution in [0.1, 0.15) is 0 Å². The van der Waals surface area contributed by atoms with Crippen LogP contribution in [-0.2, 0) is 0 Å². The SMILES string of the molecule is COn1c(-c2ccccc2)nc2cc([N+](=O)[O-])ccc2c1=O. The summed E-state index contributed by atoms with van der Waals surface area (Å²) in [6, 6.07) is 12.9. The van der Waals surface area contributed by atoms with Crippen molar-refractivity contribution in [3.05, 3.63) is 69.0 Å². The Labute approximate surface area is 124 Å². The van der Waals surface area contributed by atoms with Crippen molar-refractivity contribution in [3.8, 4) is 11.4 Å². The fourth-order valence-electron chi connectivity index (χ4n) is 2.21. The number of hydrogen-bond acceptors (Lipinski definition) is 5. The molecule has 0 amide bonds. The number of fused-ring (bicyclic) bond motifs is 1. The first kappa shape index (κ1) is 13.7. The van der Waals surface area contributed by atoms with Gasteiger partial charge >= 0.3 is 0 Å². The first-order valence-electron chi connectivity index (χ1n) is 6.43. The lowest BCUT2D eigenvalue weighted by Gasteiger charge is -2.11. The summed E-state index contributed by atoms with van der Waals surface area (Å²) in [4.78, 5) is 32.3. The molecule has 7 heteroatoms. The second-order valence-corrected chi connectivity index (χ2v) is 4.54. The lowest BCUT2D eigenvalue weighted by molar-refractivity contribution is -0.384. The molecule has 3 rings (SSSR count). The first-order chi connectivity index (χ1) is 10.6. The van der Waals surface area contributed by atoms with Gasteiger partial charge in [0.2, 0.25) is 0 Å². The van der Waals surface area contributed by atoms with Gasteiger partial charge in [0.05, 0.1) is 15.8 Å². The molecule has 0 bridgehead atoms. The van der Waals surface area contributed by atoms with E-state index in [0.29, 0.717) is 11.4 Å². The van der Waals surface area contributed by atoms with Crippen molar-refractivity contribution < 1.29 is 9.76 Å². The minimum absolute atomic E-state index is 0.117. The van der Waals surface area contributed by atoms with Gasteiger partial charge in [0.1, 0.15) is 7.11 Å². The molecule has 0 unspecified atom stereocenters. The molecule has 0 radical (unpaired) electrons. The summed E-state index contributed by atoms with van der Waals surface area (Å²) in [6.07, 6.45) is 0. The molecule has 110 valence electrons. The normalized spacial score (nSPS) is 10.6. The quantitative estimate of drug-likeness (QED) is 0.545. The van der Waals surface area contributed by atoms with E-state index in [1.165, 1.54) is 25.3 Å². The highest BCUT2D eigenvalue weighted by atomic mass is 16.7. The molecule has 1 heterocycles. The fourth-order valence-corrected chi connectivity index (χ4v) is 2.21. The van der Waals surface area contributed by atoms with E-state index in [1.807, 2.05) is 6.07 Å². The van der Waals surface area contributed by atoms with Crippen LogP contribution >= 0.6 is 0 Å². The summed E-state index contributed by atoms with van der Waals surface area (Å²) in [5, 5.41) is 11.1. The van der Waals surface area contributed by atoms with Crippen LogP contribution in [0.3, 0.4) is 0 Å². The standard InChI is InChI=1S/C15H11N3O4/c1-22-17-14(10-5-3-2-4-6-10)16-13-9-11(18(20)21)7-8-12(13)15(17)19/h2-9H,1H3. The second kappa shape index (κ2) is 5.28. The molecule has 0 aliphatic carbocycles. The van der Waals surface area contributed by atoms with E-state index in [2.05, 4.69) is 4.98 Å². The molecular formula is C15H11N3O4. The molecule has 0 saturated heterocycles. The average Bonchev–Trinajstić information content (AvgIpc) is 2.55. The zero-order chi connectivity index (χ0) is 15.7. The molecule has 0 aliphatic rings. The summed E-state index contributed by atoms with van der Waals surface area (Å²) in [5.41, 5.74) is 0.399. The van der Waals surface area contributed by atoms with Crippen LogP contribution in [0.15, 0.2) is 53.3 Å². The Morgan fingerprint density at radius 3 is 2.55 bits per heavy atom. The van der Waals surface area contributed by atoms with Crippen LogP contribution in [0.5, 0.6) is 0 Å². The van der Waals surface area contributed by atoms with E-state index in [-0.39, 0.29) is 16.6 Å². The Bertz CT molecular complexity index is 919. The third kappa shape index (κ3) is 2.18. The summed E-state index contributed by atoms with van der Waals surface area (Å²) in [5.74, 6) is 0.293. The van der Waals surface area contributed by atoms with E-state index < -0.39 is 10.5 Å². The van der Waals surface area contributed by atoms with Gasteiger partial charge < -0.3 is 4.84 Å². The number of aromatic nitrogens is 2. The van der Waals surface area contributed by atoms with Gasteiger partial charge in [-0.25, -0.2) is 4.98 Å². The maximum atomic E-state index is 12.5. The van der Waals surface area contributed by atoms with Gasteiger partial charge in [0.15, 0.2) is 5.82 Å². The van der Waals surface area contributed by atoms with Crippen LogP contribution in [-0.4, -0.2) is 21.7 Å². The second-order valence-electron chi connectivity index (χ2n) is 4.54. The van der Waals surface area contributed by atoms with Gasteiger partial charge in [-0.15, -0.1) is 4.73 Å². The summed E-state index contributed by atoms with van der Waals surface area (Å²) in [7, 11) is 1.37. The number of non-ortho nitro benzene ring substituents is 1. The highest BCUT2D eigenvalue weighted by molar-refractivity contribution is 5.81. The maximum Gasteiger partial charge on any atom is 0.294 e. The van der Waals surface area contributed by atoms with Crippen LogP contribution < -0.4 is 10.4 Å². The van der Waals surface area contributed by atoms with Crippen LogP contribution in [0.25, 0.3) is 22.3 Å². The molecule has 0 N–H and O–H groups in total. The number of benzene rings is 2. The van der Waals surface area contributed by atoms with Crippen molar-refractivity contribution in [1.29, 1.82) is 0 Å². The number of hydrogen-bond donors (Lipinski definition) is 0. The van der Waals surface area contributed by atoms with Crippen LogP contribution in [0, 0.1) is 10.1 Å². The zero-order valence-corrected chi connectivity index (χ0v) is 11.6. The van der Waals surface area contributed by atoms with Crippen molar-refractivity contribution in [1.82, 2.24) is 9.71 Å². The number of rotatable bonds is 3. The van der Waals surface area contributed by atoms with Crippen LogP contribution in [0.2, 0.25) is 0 Å². The molecule has 1 aromatic heterocycles. The predicted octanol–water partition coefficient (Wildman–Crippen LogP) is 2.03. The highest BCUT2D eigenvalue weighted by Crippen LogP contribution is 2.21. The molecule has 7 nitrogen and oxygen atoms in total. The molecule has 0 fully saturated rings. The van der Waals surface area contributed by atoms with E-state index in [1.54, 1.807) is 24.3 Å². The zero-order valence-electron chi connectivity index (χ0n) is 11.6. The van der Waals surface area contributed by atoms with Crippen molar-refractivity contribution in [3.63, 3.8) is 0 Å². The largest absolute Gasteiger partial charge is 0.412 e. The predicted molar refractivity (Wildman–Crippen MR) is 80.6 cm³/mol. The minimum Gasteiger partial charge on any atom is -0.412 e. The molecule has 0 saturated carbocycles. The average molecular weight is 297 g/mol. The fraction of sp³-hybridized carbons (Fsp3) is 0.0667. The van der Waals surface area contributed by atoms with Gasteiger partial charge in [-0.2, -0.15) is 0 Å². The molecule has 3 aromatic rings. The highest BCUT2D eigenvalue weighted by Gasteiger charge is 2.15. The van der Waals surface area contributed by atoms with Gasteiger partial charge in [-0.05, 0) is 6.07 Å². The molecule has 2 aromatic carbocycles. The first-order valence-corrected chi connectivity index (χ1v) is 6.43. The molecule has 0 atom stereocenters. The van der Waals surface area contributed by atoms with Gasteiger partial charge in [0.25, 0.3) is 11.2 Å².